The first-order chi connectivity index (χ1) is 9.11. The van der Waals surface area contributed by atoms with Crippen LogP contribution in [0.5, 0.6) is 0 Å². The van der Waals surface area contributed by atoms with E-state index in [0.29, 0.717) is 0 Å². The molecule has 1 atom stereocenters. The summed E-state index contributed by atoms with van der Waals surface area (Å²) in [7, 11) is 1.90. The Morgan fingerprint density at radius 1 is 1.42 bits per heavy atom. The van der Waals surface area contributed by atoms with Gasteiger partial charge in [-0.05, 0) is 59.3 Å². The van der Waals surface area contributed by atoms with Crippen LogP contribution >= 0.6 is 22.6 Å². The van der Waals surface area contributed by atoms with E-state index in [2.05, 4.69) is 39.9 Å². The van der Waals surface area contributed by atoms with Crippen molar-refractivity contribution in [3.8, 4) is 0 Å². The van der Waals surface area contributed by atoms with Crippen molar-refractivity contribution in [1.29, 1.82) is 0 Å². The van der Waals surface area contributed by atoms with Crippen molar-refractivity contribution >= 4 is 22.6 Å². The fraction of sp³-hybridized carbons (Fsp3) is 0.357. The molecule has 0 saturated heterocycles. The zero-order valence-electron chi connectivity index (χ0n) is 11.0. The van der Waals surface area contributed by atoms with Gasteiger partial charge in [-0.1, -0.05) is 13.0 Å². The van der Waals surface area contributed by atoms with E-state index in [0.717, 1.165) is 27.8 Å². The summed E-state index contributed by atoms with van der Waals surface area (Å²) >= 11 is 2.17. The maximum absolute atomic E-state index is 13.2. The number of aryl methyl sites for hydroxylation is 1. The monoisotopic (exact) mass is 373 g/mol. The summed E-state index contributed by atoms with van der Waals surface area (Å²) < 4.78 is 15.9. The van der Waals surface area contributed by atoms with Crippen molar-refractivity contribution in [2.75, 3.05) is 6.54 Å². The third-order valence-corrected chi connectivity index (χ3v) is 3.84. The fourth-order valence-electron chi connectivity index (χ4n) is 1.99. The Kier molecular flexibility index (Phi) is 4.93. The van der Waals surface area contributed by atoms with Crippen LogP contribution in [0.25, 0.3) is 0 Å². The summed E-state index contributed by atoms with van der Waals surface area (Å²) in [5.41, 5.74) is 2.02. The first-order valence-corrected chi connectivity index (χ1v) is 7.37. The molecule has 0 aliphatic heterocycles. The Bertz CT molecular complexity index is 553. The maximum Gasteiger partial charge on any atom is 0.124 e. The molecule has 2 rings (SSSR count). The Morgan fingerprint density at radius 2 is 2.21 bits per heavy atom. The fourth-order valence-corrected chi connectivity index (χ4v) is 2.77. The summed E-state index contributed by atoms with van der Waals surface area (Å²) in [6.45, 7) is 3.02. The third-order valence-electron chi connectivity index (χ3n) is 2.90. The van der Waals surface area contributed by atoms with E-state index >= 15 is 0 Å². The first-order valence-electron chi connectivity index (χ1n) is 6.29. The number of hydrogen-bond acceptors (Lipinski definition) is 2. The molecule has 2 aromatic rings. The van der Waals surface area contributed by atoms with Crippen molar-refractivity contribution in [1.82, 2.24) is 15.1 Å². The van der Waals surface area contributed by atoms with E-state index in [9.17, 15) is 4.39 Å². The second-order valence-corrected chi connectivity index (χ2v) is 5.63. The van der Waals surface area contributed by atoms with Gasteiger partial charge >= 0.3 is 0 Å². The lowest BCUT2D eigenvalue weighted by molar-refractivity contribution is 0.570. The summed E-state index contributed by atoms with van der Waals surface area (Å²) in [4.78, 5) is 0. The lowest BCUT2D eigenvalue weighted by Gasteiger charge is -2.18. The molecule has 1 aromatic carbocycles. The number of benzene rings is 1. The average molecular weight is 373 g/mol. The molecule has 0 aliphatic carbocycles. The van der Waals surface area contributed by atoms with E-state index in [-0.39, 0.29) is 11.9 Å². The molecule has 0 fully saturated rings. The molecular weight excluding hydrogens is 356 g/mol. The van der Waals surface area contributed by atoms with Crippen molar-refractivity contribution in [3.63, 3.8) is 0 Å². The zero-order chi connectivity index (χ0) is 13.8. The minimum atomic E-state index is -0.205. The number of nitrogens with one attached hydrogen (secondary N) is 1. The molecule has 0 aliphatic rings. The lowest BCUT2D eigenvalue weighted by Crippen LogP contribution is -2.24. The Labute approximate surface area is 126 Å². The van der Waals surface area contributed by atoms with Crippen LogP contribution in [0.15, 0.2) is 30.5 Å². The van der Waals surface area contributed by atoms with Gasteiger partial charge in [-0.2, -0.15) is 5.10 Å². The number of rotatable bonds is 5. The lowest BCUT2D eigenvalue weighted by atomic mass is 10.0. The van der Waals surface area contributed by atoms with E-state index in [1.54, 1.807) is 10.7 Å². The van der Waals surface area contributed by atoms with Crippen LogP contribution < -0.4 is 5.32 Å². The minimum absolute atomic E-state index is 0.00801. The predicted molar refractivity (Wildman–Crippen MR) is 82.5 cm³/mol. The highest BCUT2D eigenvalue weighted by Crippen LogP contribution is 2.26. The largest absolute Gasteiger partial charge is 0.305 e. The molecule has 3 nitrogen and oxygen atoms in total. The molecular formula is C14H17FIN3. The van der Waals surface area contributed by atoms with Crippen LogP contribution in [-0.2, 0) is 7.05 Å². The highest BCUT2D eigenvalue weighted by atomic mass is 127. The van der Waals surface area contributed by atoms with Gasteiger partial charge in [-0.25, -0.2) is 4.39 Å². The summed E-state index contributed by atoms with van der Waals surface area (Å²) in [6.07, 6.45) is 2.97. The van der Waals surface area contributed by atoms with Gasteiger partial charge in [0.15, 0.2) is 0 Å². The Hall–Kier alpha value is -0.950. The highest BCUT2D eigenvalue weighted by Gasteiger charge is 2.18. The van der Waals surface area contributed by atoms with E-state index in [1.807, 2.05) is 25.4 Å². The van der Waals surface area contributed by atoms with E-state index < -0.39 is 0 Å². The molecule has 102 valence electrons. The molecule has 0 amide bonds. The average Bonchev–Trinajstić information content (AvgIpc) is 2.78. The van der Waals surface area contributed by atoms with Gasteiger partial charge in [0.1, 0.15) is 5.82 Å². The molecule has 5 heteroatoms. The van der Waals surface area contributed by atoms with Crippen molar-refractivity contribution in [2.45, 2.75) is 19.4 Å². The molecule has 0 bridgehead atoms. The summed E-state index contributed by atoms with van der Waals surface area (Å²) in [5, 5.41) is 7.93. The predicted octanol–water partition coefficient (Wildman–Crippen LogP) is 3.25. The number of hydrogen-bond donors (Lipinski definition) is 1. The molecule has 1 N–H and O–H groups in total. The van der Waals surface area contributed by atoms with Gasteiger partial charge in [-0.3, -0.25) is 4.68 Å². The zero-order valence-corrected chi connectivity index (χ0v) is 13.2. The molecule has 1 aromatic heterocycles. The van der Waals surface area contributed by atoms with Crippen molar-refractivity contribution in [2.24, 2.45) is 7.05 Å². The standard InChI is InChI=1S/C14H17FIN3/c1-3-7-17-14(13-6-8-19(2)18-13)11-5-4-10(15)9-12(11)16/h4-6,8-9,14,17H,3,7H2,1-2H3. The van der Waals surface area contributed by atoms with Crippen LogP contribution in [0.3, 0.4) is 0 Å². The SMILES string of the molecule is CCCNC(c1ccn(C)n1)c1ccc(F)cc1I. The van der Waals surface area contributed by atoms with Gasteiger partial charge in [-0.15, -0.1) is 0 Å². The second-order valence-electron chi connectivity index (χ2n) is 4.47. The quantitative estimate of drug-likeness (QED) is 0.816. The van der Waals surface area contributed by atoms with Gasteiger partial charge in [0, 0.05) is 16.8 Å². The second kappa shape index (κ2) is 6.47. The summed E-state index contributed by atoms with van der Waals surface area (Å²) in [5.74, 6) is -0.205. The highest BCUT2D eigenvalue weighted by molar-refractivity contribution is 14.1. The van der Waals surface area contributed by atoms with Gasteiger partial charge in [0.25, 0.3) is 0 Å². The minimum Gasteiger partial charge on any atom is -0.305 e. The maximum atomic E-state index is 13.2. The van der Waals surface area contributed by atoms with Gasteiger partial charge in [0.2, 0.25) is 0 Å². The van der Waals surface area contributed by atoms with Gasteiger partial charge in [0.05, 0.1) is 11.7 Å². The van der Waals surface area contributed by atoms with Crippen LogP contribution in [0.1, 0.15) is 30.6 Å². The Balaban J connectivity index is 2.36. The molecule has 19 heavy (non-hydrogen) atoms. The topological polar surface area (TPSA) is 29.9 Å². The molecule has 0 saturated carbocycles. The molecule has 0 spiro atoms. The number of nitrogens with zero attached hydrogens (tertiary/aromatic N) is 2. The molecule has 1 heterocycles. The normalized spacial score (nSPS) is 12.6. The van der Waals surface area contributed by atoms with Crippen LogP contribution in [0.4, 0.5) is 4.39 Å². The Morgan fingerprint density at radius 3 is 2.79 bits per heavy atom. The van der Waals surface area contributed by atoms with Crippen LogP contribution in [0.2, 0.25) is 0 Å². The van der Waals surface area contributed by atoms with Crippen LogP contribution in [0, 0.1) is 9.39 Å². The van der Waals surface area contributed by atoms with E-state index in [1.165, 1.54) is 6.07 Å². The van der Waals surface area contributed by atoms with Gasteiger partial charge < -0.3 is 5.32 Å². The number of halogens is 2. The van der Waals surface area contributed by atoms with Crippen molar-refractivity contribution < 1.29 is 4.39 Å². The first kappa shape index (κ1) is 14.5. The van der Waals surface area contributed by atoms with Crippen LogP contribution in [-0.4, -0.2) is 16.3 Å². The third kappa shape index (κ3) is 3.54. The molecule has 1 unspecified atom stereocenters. The molecule has 0 radical (unpaired) electrons. The van der Waals surface area contributed by atoms with Crippen molar-refractivity contribution in [3.05, 3.63) is 51.1 Å². The number of aromatic nitrogens is 2. The smallest absolute Gasteiger partial charge is 0.124 e. The van der Waals surface area contributed by atoms with E-state index in [4.69, 9.17) is 0 Å². The summed E-state index contributed by atoms with van der Waals surface area (Å²) in [6, 6.07) is 6.89.